The second-order valence-electron chi connectivity index (χ2n) is 2.61. The first kappa shape index (κ1) is 6.82. The fraction of sp³-hybridized carbons (Fsp3) is 0. The van der Waals surface area contributed by atoms with Gasteiger partial charge >= 0.3 is 0 Å². The van der Waals surface area contributed by atoms with Gasteiger partial charge in [-0.05, 0) is 22.1 Å². The summed E-state index contributed by atoms with van der Waals surface area (Å²) < 4.78 is 0. The van der Waals surface area contributed by atoms with Crippen LogP contribution < -0.4 is 5.30 Å². The molecular formula is C10H9P. The fourth-order valence-electron chi connectivity index (χ4n) is 1.21. The molecule has 0 aliphatic rings. The lowest BCUT2D eigenvalue weighted by Crippen LogP contribution is -1.86. The Kier molecular flexibility index (Phi) is 1.63. The van der Waals surface area contributed by atoms with E-state index in [1.54, 1.807) is 0 Å². The molecule has 2 aromatic rings. The van der Waals surface area contributed by atoms with E-state index in [9.17, 15) is 0 Å². The third-order valence-corrected chi connectivity index (χ3v) is 2.13. The summed E-state index contributed by atoms with van der Waals surface area (Å²) in [7, 11) is 2.70. The van der Waals surface area contributed by atoms with E-state index in [-0.39, 0.29) is 0 Å². The predicted octanol–water partition coefficient (Wildman–Crippen LogP) is 2.34. The minimum Gasteiger partial charge on any atom is -0.106 e. The van der Waals surface area contributed by atoms with Gasteiger partial charge in [-0.15, -0.1) is 9.24 Å². The Balaban J connectivity index is 2.83. The van der Waals surface area contributed by atoms with E-state index in [0.717, 1.165) is 0 Å². The number of hydrogen-bond acceptors (Lipinski definition) is 0. The molecule has 0 heterocycles. The number of benzene rings is 2. The van der Waals surface area contributed by atoms with Crippen molar-refractivity contribution in [2.24, 2.45) is 0 Å². The second-order valence-corrected chi connectivity index (χ2v) is 3.27. The molecule has 0 bridgehead atoms. The van der Waals surface area contributed by atoms with Crippen LogP contribution in [0.5, 0.6) is 0 Å². The molecule has 1 unspecified atom stereocenters. The van der Waals surface area contributed by atoms with E-state index in [4.69, 9.17) is 0 Å². The molecule has 1 atom stereocenters. The summed E-state index contributed by atoms with van der Waals surface area (Å²) in [6.07, 6.45) is 0. The van der Waals surface area contributed by atoms with Gasteiger partial charge in [-0.2, -0.15) is 0 Å². The summed E-state index contributed by atoms with van der Waals surface area (Å²) in [5.41, 5.74) is 0. The van der Waals surface area contributed by atoms with Crippen LogP contribution in [0, 0.1) is 0 Å². The average Bonchev–Trinajstić information content (AvgIpc) is 2.04. The molecule has 0 aromatic heterocycles. The summed E-state index contributed by atoms with van der Waals surface area (Å²) in [4.78, 5) is 0. The molecule has 2 aromatic carbocycles. The molecule has 1 heteroatoms. The third kappa shape index (κ3) is 1.27. The highest BCUT2D eigenvalue weighted by molar-refractivity contribution is 7.27. The molecule has 0 saturated carbocycles. The summed E-state index contributed by atoms with van der Waals surface area (Å²) >= 11 is 0. The zero-order valence-corrected chi connectivity index (χ0v) is 7.27. The molecule has 54 valence electrons. The molecule has 0 saturated heterocycles. The molecule has 0 aliphatic carbocycles. The zero-order valence-electron chi connectivity index (χ0n) is 6.12. The van der Waals surface area contributed by atoms with Crippen molar-refractivity contribution < 1.29 is 0 Å². The van der Waals surface area contributed by atoms with Gasteiger partial charge in [0.2, 0.25) is 0 Å². The van der Waals surface area contributed by atoms with Crippen molar-refractivity contribution in [2.45, 2.75) is 0 Å². The van der Waals surface area contributed by atoms with Gasteiger partial charge in [-0.25, -0.2) is 0 Å². The van der Waals surface area contributed by atoms with Gasteiger partial charge in [-0.3, -0.25) is 0 Å². The molecule has 0 fully saturated rings. The van der Waals surface area contributed by atoms with Gasteiger partial charge < -0.3 is 0 Å². The smallest absolute Gasteiger partial charge is 0.0178 e. The molecule has 0 spiro atoms. The lowest BCUT2D eigenvalue weighted by Gasteiger charge is -1.96. The fourth-order valence-corrected chi connectivity index (χ4v) is 1.48. The Hall–Kier alpha value is -0.870. The van der Waals surface area contributed by atoms with Crippen molar-refractivity contribution in [3.63, 3.8) is 0 Å². The van der Waals surface area contributed by atoms with Crippen molar-refractivity contribution in [3.05, 3.63) is 42.5 Å². The van der Waals surface area contributed by atoms with E-state index in [1.165, 1.54) is 16.1 Å². The van der Waals surface area contributed by atoms with Crippen LogP contribution in [-0.2, 0) is 0 Å². The monoisotopic (exact) mass is 160 g/mol. The van der Waals surface area contributed by atoms with Gasteiger partial charge in [-0.1, -0.05) is 36.4 Å². The Morgan fingerprint density at radius 1 is 0.818 bits per heavy atom. The molecule has 0 N–H and O–H groups in total. The quantitative estimate of drug-likeness (QED) is 0.519. The maximum Gasteiger partial charge on any atom is -0.0178 e. The average molecular weight is 160 g/mol. The Labute approximate surface area is 68.4 Å². The van der Waals surface area contributed by atoms with Crippen LogP contribution in [0.2, 0.25) is 0 Å². The first-order valence-corrected chi connectivity index (χ1v) is 4.18. The number of fused-ring (bicyclic) bond motifs is 1. The highest BCUT2D eigenvalue weighted by Gasteiger charge is 1.89. The second kappa shape index (κ2) is 2.64. The molecule has 2 rings (SSSR count). The standard InChI is InChI=1S/C10H9P/c11-10-6-5-8-3-1-2-4-9(8)7-10/h1-7H,11H2. The van der Waals surface area contributed by atoms with Crippen LogP contribution in [0.4, 0.5) is 0 Å². The first-order valence-electron chi connectivity index (χ1n) is 3.60. The van der Waals surface area contributed by atoms with Gasteiger partial charge in [0.15, 0.2) is 0 Å². The Morgan fingerprint density at radius 3 is 2.36 bits per heavy atom. The normalized spacial score (nSPS) is 10.3. The molecule has 0 radical (unpaired) electrons. The number of rotatable bonds is 0. The van der Waals surface area contributed by atoms with Crippen molar-refractivity contribution in [2.75, 3.05) is 0 Å². The van der Waals surface area contributed by atoms with Crippen molar-refractivity contribution in [3.8, 4) is 0 Å². The topological polar surface area (TPSA) is 0 Å². The first-order chi connectivity index (χ1) is 5.36. The summed E-state index contributed by atoms with van der Waals surface area (Å²) in [6.45, 7) is 0. The maximum absolute atomic E-state index is 2.70. The number of hydrogen-bond donors (Lipinski definition) is 0. The minimum absolute atomic E-state index is 1.24. The van der Waals surface area contributed by atoms with Crippen LogP contribution >= 0.6 is 9.24 Å². The van der Waals surface area contributed by atoms with Gasteiger partial charge in [0.25, 0.3) is 0 Å². The highest BCUT2D eigenvalue weighted by atomic mass is 31.0. The van der Waals surface area contributed by atoms with Gasteiger partial charge in [0, 0.05) is 0 Å². The predicted molar refractivity (Wildman–Crippen MR) is 53.3 cm³/mol. The summed E-state index contributed by atoms with van der Waals surface area (Å²) in [5, 5.41) is 3.85. The van der Waals surface area contributed by atoms with Crippen LogP contribution in [0.1, 0.15) is 0 Å². The van der Waals surface area contributed by atoms with Crippen LogP contribution in [0.15, 0.2) is 42.5 Å². The van der Waals surface area contributed by atoms with Crippen molar-refractivity contribution in [1.29, 1.82) is 0 Å². The van der Waals surface area contributed by atoms with Crippen LogP contribution in [0.25, 0.3) is 10.8 Å². The lowest BCUT2D eigenvalue weighted by molar-refractivity contribution is 1.79. The third-order valence-electron chi connectivity index (χ3n) is 1.77. The van der Waals surface area contributed by atoms with E-state index < -0.39 is 0 Å². The summed E-state index contributed by atoms with van der Waals surface area (Å²) in [5.74, 6) is 0. The lowest BCUT2D eigenvalue weighted by atomic mass is 10.1. The van der Waals surface area contributed by atoms with Crippen molar-refractivity contribution >= 4 is 25.3 Å². The van der Waals surface area contributed by atoms with E-state index in [0.29, 0.717) is 0 Å². The zero-order chi connectivity index (χ0) is 7.68. The maximum atomic E-state index is 2.70. The molecule has 11 heavy (non-hydrogen) atoms. The molecule has 0 aliphatic heterocycles. The Bertz CT molecular complexity index is 379. The van der Waals surface area contributed by atoms with Crippen LogP contribution in [-0.4, -0.2) is 0 Å². The molecule has 0 amide bonds. The SMILES string of the molecule is Pc1ccc2ccccc2c1. The van der Waals surface area contributed by atoms with E-state index >= 15 is 0 Å². The molecule has 0 nitrogen and oxygen atoms in total. The summed E-state index contributed by atoms with van der Waals surface area (Å²) in [6, 6.07) is 14.8. The van der Waals surface area contributed by atoms with E-state index in [2.05, 4.69) is 51.7 Å². The largest absolute Gasteiger partial charge is 0.106 e. The minimum atomic E-state index is 1.24. The molecular weight excluding hydrogens is 151 g/mol. The van der Waals surface area contributed by atoms with Gasteiger partial charge in [0.1, 0.15) is 0 Å². The highest BCUT2D eigenvalue weighted by Crippen LogP contribution is 2.11. The van der Waals surface area contributed by atoms with Crippen molar-refractivity contribution in [1.82, 2.24) is 0 Å². The van der Waals surface area contributed by atoms with E-state index in [1.807, 2.05) is 0 Å². The Morgan fingerprint density at radius 2 is 1.55 bits per heavy atom. The van der Waals surface area contributed by atoms with Crippen LogP contribution in [0.3, 0.4) is 0 Å². The van der Waals surface area contributed by atoms with Gasteiger partial charge in [0.05, 0.1) is 0 Å².